The van der Waals surface area contributed by atoms with Gasteiger partial charge in [0, 0.05) is 27.5 Å². The summed E-state index contributed by atoms with van der Waals surface area (Å²) < 4.78 is 6.51. The molecule has 0 fully saturated rings. The first-order chi connectivity index (χ1) is 27.2. The second-order valence-corrected chi connectivity index (χ2v) is 14.0. The third-order valence-corrected chi connectivity index (χ3v) is 10.7. The highest BCUT2D eigenvalue weighted by molar-refractivity contribution is 6.17. The minimum Gasteiger partial charge on any atom is -0.456 e. The minimum atomic E-state index is 0.630. The smallest absolute Gasteiger partial charge is 0.164 e. The van der Waals surface area contributed by atoms with E-state index >= 15 is 0 Å². The Labute approximate surface area is 317 Å². The van der Waals surface area contributed by atoms with Crippen molar-refractivity contribution in [2.24, 2.45) is 0 Å². The van der Waals surface area contributed by atoms with Gasteiger partial charge in [-0.05, 0) is 84.9 Å². The lowest BCUT2D eigenvalue weighted by Crippen LogP contribution is -2.01. The lowest BCUT2D eigenvalue weighted by Gasteiger charge is -2.14. The third kappa shape index (κ3) is 5.26. The molecule has 0 saturated heterocycles. The van der Waals surface area contributed by atoms with E-state index in [2.05, 4.69) is 164 Å². The molecule has 55 heavy (non-hydrogen) atoms. The molecule has 11 rings (SSSR count). The van der Waals surface area contributed by atoms with Crippen molar-refractivity contribution in [1.82, 2.24) is 15.0 Å². The predicted molar refractivity (Wildman–Crippen MR) is 227 cm³/mol. The molecule has 4 heteroatoms. The van der Waals surface area contributed by atoms with Gasteiger partial charge in [-0.25, -0.2) is 15.0 Å². The van der Waals surface area contributed by atoms with Crippen LogP contribution in [0.5, 0.6) is 0 Å². The van der Waals surface area contributed by atoms with Crippen molar-refractivity contribution in [3.63, 3.8) is 0 Å². The van der Waals surface area contributed by atoms with Crippen LogP contribution in [0.2, 0.25) is 0 Å². The molecule has 9 aromatic carbocycles. The van der Waals surface area contributed by atoms with Gasteiger partial charge in [0.1, 0.15) is 11.2 Å². The Bertz CT molecular complexity index is 3260. The standard InChI is InChI=1S/C51H31N3O/c1-3-12-32(13-4-1)35-24-27-45-47(31-35)55-46-21-11-20-43(48(45)46)42-28-29-44(41-19-10-9-18-40(41)42)51-53-49(34-15-5-2-6-16-34)52-50(54-51)37-25-26-39-36(30-37)23-22-33-14-7-8-17-38(33)39/h1-31H. The van der Waals surface area contributed by atoms with Gasteiger partial charge < -0.3 is 4.42 Å². The number of benzene rings is 9. The molecule has 2 aromatic heterocycles. The molecule has 0 aliphatic rings. The molecule has 11 aromatic rings. The molecule has 0 radical (unpaired) electrons. The fourth-order valence-corrected chi connectivity index (χ4v) is 8.08. The van der Waals surface area contributed by atoms with Crippen LogP contribution in [0.15, 0.2) is 192 Å². The van der Waals surface area contributed by atoms with Crippen molar-refractivity contribution in [3.8, 4) is 56.4 Å². The van der Waals surface area contributed by atoms with Gasteiger partial charge in [-0.1, -0.05) is 158 Å². The molecule has 0 bridgehead atoms. The van der Waals surface area contributed by atoms with Crippen LogP contribution in [-0.2, 0) is 0 Å². The highest BCUT2D eigenvalue weighted by atomic mass is 16.3. The van der Waals surface area contributed by atoms with E-state index in [0.717, 1.165) is 77.0 Å². The zero-order chi connectivity index (χ0) is 36.3. The molecule has 4 nitrogen and oxygen atoms in total. The predicted octanol–water partition coefficient (Wildman–Crippen LogP) is 13.6. The van der Waals surface area contributed by atoms with Crippen molar-refractivity contribution in [3.05, 3.63) is 188 Å². The van der Waals surface area contributed by atoms with Gasteiger partial charge in [-0.15, -0.1) is 0 Å². The van der Waals surface area contributed by atoms with Crippen molar-refractivity contribution >= 4 is 54.3 Å². The second kappa shape index (κ2) is 12.6. The van der Waals surface area contributed by atoms with E-state index in [1.807, 2.05) is 24.3 Å². The summed E-state index contributed by atoms with van der Waals surface area (Å²) in [5.41, 5.74) is 9.11. The zero-order valence-electron chi connectivity index (χ0n) is 29.6. The summed E-state index contributed by atoms with van der Waals surface area (Å²) in [4.78, 5) is 15.4. The van der Waals surface area contributed by atoms with Crippen LogP contribution < -0.4 is 0 Å². The quantitative estimate of drug-likeness (QED) is 0.168. The van der Waals surface area contributed by atoms with Gasteiger partial charge in [0.15, 0.2) is 17.5 Å². The van der Waals surface area contributed by atoms with Crippen LogP contribution in [-0.4, -0.2) is 15.0 Å². The Morgan fingerprint density at radius 2 is 0.891 bits per heavy atom. The van der Waals surface area contributed by atoms with Crippen molar-refractivity contribution < 1.29 is 4.42 Å². The molecule has 0 amide bonds. The van der Waals surface area contributed by atoms with E-state index in [-0.39, 0.29) is 0 Å². The highest BCUT2D eigenvalue weighted by Gasteiger charge is 2.19. The average Bonchev–Trinajstić information content (AvgIpc) is 3.64. The third-order valence-electron chi connectivity index (χ3n) is 10.7. The number of hydrogen-bond acceptors (Lipinski definition) is 4. The van der Waals surface area contributed by atoms with E-state index in [0.29, 0.717) is 17.5 Å². The Morgan fingerprint density at radius 3 is 1.71 bits per heavy atom. The topological polar surface area (TPSA) is 51.8 Å². The molecule has 256 valence electrons. The van der Waals surface area contributed by atoms with Crippen LogP contribution >= 0.6 is 0 Å². The first-order valence-electron chi connectivity index (χ1n) is 18.5. The monoisotopic (exact) mass is 701 g/mol. The van der Waals surface area contributed by atoms with E-state index in [9.17, 15) is 0 Å². The maximum absolute atomic E-state index is 6.51. The Balaban J connectivity index is 1.08. The minimum absolute atomic E-state index is 0.630. The fourth-order valence-electron chi connectivity index (χ4n) is 8.08. The molecule has 0 spiro atoms. The molecule has 0 atom stereocenters. The van der Waals surface area contributed by atoms with Crippen LogP contribution in [0.1, 0.15) is 0 Å². The summed E-state index contributed by atoms with van der Waals surface area (Å²) in [6, 6.07) is 65.7. The molecule has 0 unspecified atom stereocenters. The number of rotatable bonds is 5. The fraction of sp³-hybridized carbons (Fsp3) is 0. The normalized spacial score (nSPS) is 11.6. The van der Waals surface area contributed by atoms with Gasteiger partial charge in [0.25, 0.3) is 0 Å². The Kier molecular flexibility index (Phi) is 7.14. The lowest BCUT2D eigenvalue weighted by atomic mass is 9.92. The molecule has 2 heterocycles. The Hall–Kier alpha value is -7.43. The van der Waals surface area contributed by atoms with Gasteiger partial charge in [0.2, 0.25) is 0 Å². The van der Waals surface area contributed by atoms with Crippen molar-refractivity contribution in [2.75, 3.05) is 0 Å². The van der Waals surface area contributed by atoms with Crippen LogP contribution in [0.3, 0.4) is 0 Å². The maximum Gasteiger partial charge on any atom is 0.164 e. The van der Waals surface area contributed by atoms with Crippen LogP contribution in [0.25, 0.3) is 111 Å². The summed E-state index contributed by atoms with van der Waals surface area (Å²) in [6.45, 7) is 0. The lowest BCUT2D eigenvalue weighted by molar-refractivity contribution is 0.669. The van der Waals surface area contributed by atoms with E-state index in [1.165, 1.54) is 16.2 Å². The van der Waals surface area contributed by atoms with Gasteiger partial charge in [0.05, 0.1) is 0 Å². The molecule has 0 aliphatic carbocycles. The van der Waals surface area contributed by atoms with Crippen LogP contribution in [0.4, 0.5) is 0 Å². The second-order valence-electron chi connectivity index (χ2n) is 14.0. The Morgan fingerprint density at radius 1 is 0.291 bits per heavy atom. The maximum atomic E-state index is 6.51. The number of hydrogen-bond donors (Lipinski definition) is 0. The first-order valence-corrected chi connectivity index (χ1v) is 18.5. The summed E-state index contributed by atoms with van der Waals surface area (Å²) in [5, 5.41) is 9.19. The van der Waals surface area contributed by atoms with E-state index < -0.39 is 0 Å². The first kappa shape index (κ1) is 31.1. The number of fused-ring (bicyclic) bond motifs is 7. The van der Waals surface area contributed by atoms with Gasteiger partial charge in [-0.2, -0.15) is 0 Å². The van der Waals surface area contributed by atoms with Crippen LogP contribution in [0, 0.1) is 0 Å². The highest BCUT2D eigenvalue weighted by Crippen LogP contribution is 2.42. The largest absolute Gasteiger partial charge is 0.456 e. The zero-order valence-corrected chi connectivity index (χ0v) is 29.6. The molecule has 0 saturated carbocycles. The molecular weight excluding hydrogens is 671 g/mol. The van der Waals surface area contributed by atoms with Crippen molar-refractivity contribution in [1.29, 1.82) is 0 Å². The molecule has 0 aliphatic heterocycles. The van der Waals surface area contributed by atoms with E-state index in [1.54, 1.807) is 0 Å². The summed E-state index contributed by atoms with van der Waals surface area (Å²) in [5.74, 6) is 1.90. The van der Waals surface area contributed by atoms with Crippen molar-refractivity contribution in [2.45, 2.75) is 0 Å². The van der Waals surface area contributed by atoms with Gasteiger partial charge >= 0.3 is 0 Å². The number of aromatic nitrogens is 3. The summed E-state index contributed by atoms with van der Waals surface area (Å²) in [7, 11) is 0. The van der Waals surface area contributed by atoms with Gasteiger partial charge in [-0.3, -0.25) is 0 Å². The molecular formula is C51H31N3O. The van der Waals surface area contributed by atoms with E-state index in [4.69, 9.17) is 19.4 Å². The summed E-state index contributed by atoms with van der Waals surface area (Å²) in [6.07, 6.45) is 0. The molecule has 0 N–H and O–H groups in total. The number of furan rings is 1. The summed E-state index contributed by atoms with van der Waals surface area (Å²) >= 11 is 0. The average molecular weight is 702 g/mol. The number of nitrogens with zero attached hydrogens (tertiary/aromatic N) is 3. The SMILES string of the molecule is c1ccc(-c2ccc3c(c2)oc2cccc(-c4ccc(-c5nc(-c6ccccc6)nc(-c6ccc7c(ccc8ccccc87)c6)n5)c5ccccc45)c23)cc1.